The second-order valence-corrected chi connectivity index (χ2v) is 9.46. The minimum atomic E-state index is -0.856. The van der Waals surface area contributed by atoms with Crippen LogP contribution in [0.25, 0.3) is 0 Å². The van der Waals surface area contributed by atoms with Gasteiger partial charge in [-0.1, -0.05) is 0 Å². The highest BCUT2D eigenvalue weighted by atomic mass is 32.2. The molecule has 0 radical (unpaired) electrons. The minimum absolute atomic E-state index is 0.0511. The molecule has 0 saturated carbocycles. The number of methoxy groups -OCH3 is 1. The molecule has 5 rings (SSSR count). The monoisotopic (exact) mass is 497 g/mol. The van der Waals surface area contributed by atoms with Gasteiger partial charge in [-0.05, 0) is 37.4 Å². The Labute approximate surface area is 206 Å². The molecule has 2 aromatic carbocycles. The molecule has 3 heterocycles. The zero-order valence-electron chi connectivity index (χ0n) is 19.4. The number of ether oxygens (including phenoxy) is 1. The quantitative estimate of drug-likeness (QED) is 0.554. The number of carbonyl (C=O) groups excluding carboxylic acids is 1. The number of benzene rings is 2. The van der Waals surface area contributed by atoms with Gasteiger partial charge in [0.2, 0.25) is 0 Å². The van der Waals surface area contributed by atoms with Crippen molar-refractivity contribution in [3.8, 4) is 5.75 Å². The van der Waals surface area contributed by atoms with Gasteiger partial charge in [0.15, 0.2) is 11.6 Å². The van der Waals surface area contributed by atoms with E-state index in [0.717, 1.165) is 48.9 Å². The third-order valence-corrected chi connectivity index (χ3v) is 7.23. The smallest absolute Gasteiger partial charge is 0.261 e. The number of aromatic nitrogens is 1. The molecule has 10 heteroatoms. The second kappa shape index (κ2) is 9.71. The molecule has 1 N–H and O–H groups in total. The molecule has 1 saturated heterocycles. The van der Waals surface area contributed by atoms with Crippen molar-refractivity contribution in [1.29, 1.82) is 0 Å². The number of pyridine rings is 1. The third-order valence-electron chi connectivity index (χ3n) is 6.19. The number of fused-ring (bicyclic) bond motifs is 1. The highest BCUT2D eigenvalue weighted by Crippen LogP contribution is 2.37. The van der Waals surface area contributed by atoms with Gasteiger partial charge in [-0.3, -0.25) is 9.69 Å². The summed E-state index contributed by atoms with van der Waals surface area (Å²) < 4.78 is 34.0. The van der Waals surface area contributed by atoms with Gasteiger partial charge < -0.3 is 19.9 Å². The maximum Gasteiger partial charge on any atom is 0.261 e. The van der Waals surface area contributed by atoms with E-state index in [0.29, 0.717) is 16.3 Å². The summed E-state index contributed by atoms with van der Waals surface area (Å²) in [5, 5.41) is 3.27. The van der Waals surface area contributed by atoms with E-state index in [2.05, 4.69) is 39.3 Å². The number of amides is 1. The van der Waals surface area contributed by atoms with E-state index in [1.807, 2.05) is 12.1 Å². The zero-order chi connectivity index (χ0) is 24.5. The fourth-order valence-corrected chi connectivity index (χ4v) is 5.18. The van der Waals surface area contributed by atoms with Crippen LogP contribution in [-0.2, 0) is 0 Å². The molecule has 0 bridgehead atoms. The second-order valence-electron chi connectivity index (χ2n) is 8.47. The fourth-order valence-electron chi connectivity index (χ4n) is 4.18. The Kier molecular flexibility index (Phi) is 6.48. The van der Waals surface area contributed by atoms with Crippen molar-refractivity contribution in [1.82, 2.24) is 9.88 Å². The molecule has 0 atom stereocenters. The van der Waals surface area contributed by atoms with Gasteiger partial charge in [-0.15, -0.1) is 11.8 Å². The van der Waals surface area contributed by atoms with Crippen molar-refractivity contribution < 1.29 is 18.3 Å². The summed E-state index contributed by atoms with van der Waals surface area (Å²) in [4.78, 5) is 23.9. The van der Waals surface area contributed by atoms with Crippen molar-refractivity contribution in [2.24, 2.45) is 0 Å². The average molecular weight is 498 g/mol. The van der Waals surface area contributed by atoms with Crippen LogP contribution in [-0.4, -0.2) is 62.0 Å². The summed E-state index contributed by atoms with van der Waals surface area (Å²) in [6.45, 7) is 4.10. The molecular formula is C25H25F2N5O2S. The molecule has 1 fully saturated rings. The normalized spacial score (nSPS) is 16.3. The first-order valence-corrected chi connectivity index (χ1v) is 12.2. The Morgan fingerprint density at radius 3 is 2.37 bits per heavy atom. The van der Waals surface area contributed by atoms with Crippen LogP contribution in [0.3, 0.4) is 0 Å². The number of rotatable bonds is 5. The summed E-state index contributed by atoms with van der Waals surface area (Å²) in [6.07, 6.45) is 1.44. The van der Waals surface area contributed by atoms with Crippen LogP contribution in [0.2, 0.25) is 0 Å². The molecule has 182 valence electrons. The number of hydrogen-bond acceptors (Lipinski definition) is 7. The summed E-state index contributed by atoms with van der Waals surface area (Å²) in [7, 11) is 3.46. The Hall–Kier alpha value is -3.37. The molecule has 1 amide bonds. The SMILES string of the molecule is COc1cc(F)c(N2CSc3cc(Nc4ccc(N5CCN(C)CC5)cc4)ncc3C2=O)c(F)c1. The molecule has 2 aliphatic rings. The number of hydrogen-bond donors (Lipinski definition) is 1. The van der Waals surface area contributed by atoms with Crippen molar-refractivity contribution >= 4 is 40.5 Å². The first-order valence-electron chi connectivity index (χ1n) is 11.2. The zero-order valence-corrected chi connectivity index (χ0v) is 20.2. The number of nitrogens with zero attached hydrogens (tertiary/aromatic N) is 4. The molecule has 3 aromatic rings. The summed E-state index contributed by atoms with van der Waals surface area (Å²) in [5.41, 5.74) is 1.97. The van der Waals surface area contributed by atoms with Crippen LogP contribution >= 0.6 is 11.8 Å². The number of halogens is 2. The van der Waals surface area contributed by atoms with Crippen LogP contribution in [0.15, 0.2) is 53.6 Å². The van der Waals surface area contributed by atoms with E-state index in [9.17, 15) is 13.6 Å². The van der Waals surface area contributed by atoms with Crippen molar-refractivity contribution in [2.75, 3.05) is 61.3 Å². The number of nitrogens with one attached hydrogen (secondary N) is 1. The lowest BCUT2D eigenvalue weighted by atomic mass is 10.2. The highest BCUT2D eigenvalue weighted by molar-refractivity contribution is 7.99. The van der Waals surface area contributed by atoms with E-state index in [-0.39, 0.29) is 11.6 Å². The fraction of sp³-hybridized carbons (Fsp3) is 0.280. The van der Waals surface area contributed by atoms with E-state index >= 15 is 0 Å². The lowest BCUT2D eigenvalue weighted by molar-refractivity contribution is 0.0984. The van der Waals surface area contributed by atoms with Crippen LogP contribution < -0.4 is 19.9 Å². The van der Waals surface area contributed by atoms with Crippen LogP contribution in [0.5, 0.6) is 5.75 Å². The first-order chi connectivity index (χ1) is 16.9. The lowest BCUT2D eigenvalue weighted by Gasteiger charge is -2.34. The highest BCUT2D eigenvalue weighted by Gasteiger charge is 2.31. The van der Waals surface area contributed by atoms with E-state index in [1.54, 1.807) is 6.07 Å². The summed E-state index contributed by atoms with van der Waals surface area (Å²) in [6, 6.07) is 12.1. The third kappa shape index (κ3) is 4.76. The van der Waals surface area contributed by atoms with Gasteiger partial charge in [0.05, 0.1) is 18.6 Å². The largest absolute Gasteiger partial charge is 0.497 e. The molecule has 0 unspecified atom stereocenters. The van der Waals surface area contributed by atoms with E-state index in [1.165, 1.54) is 30.8 Å². The molecule has 2 aliphatic heterocycles. The van der Waals surface area contributed by atoms with Crippen LogP contribution in [0, 0.1) is 11.6 Å². The molecule has 1 aromatic heterocycles. The Morgan fingerprint density at radius 2 is 1.71 bits per heavy atom. The van der Waals surface area contributed by atoms with Gasteiger partial charge in [-0.25, -0.2) is 13.8 Å². The average Bonchev–Trinajstić information content (AvgIpc) is 2.86. The number of likely N-dealkylation sites (N-methyl/N-ethyl adjacent to an activating group) is 1. The van der Waals surface area contributed by atoms with Gasteiger partial charge in [0.25, 0.3) is 5.91 Å². The molecular weight excluding hydrogens is 472 g/mol. The number of piperazine rings is 1. The Balaban J connectivity index is 1.30. The molecule has 0 spiro atoms. The molecule has 0 aliphatic carbocycles. The molecule has 7 nitrogen and oxygen atoms in total. The number of carbonyl (C=O) groups is 1. The van der Waals surface area contributed by atoms with Crippen molar-refractivity contribution in [3.63, 3.8) is 0 Å². The van der Waals surface area contributed by atoms with Crippen molar-refractivity contribution in [3.05, 3.63) is 65.9 Å². The topological polar surface area (TPSA) is 60.9 Å². The number of thioether (sulfide) groups is 1. The predicted molar refractivity (Wildman–Crippen MR) is 134 cm³/mol. The van der Waals surface area contributed by atoms with Gasteiger partial charge in [-0.2, -0.15) is 0 Å². The predicted octanol–water partition coefficient (Wildman–Crippen LogP) is 4.57. The maximum absolute atomic E-state index is 14.5. The van der Waals surface area contributed by atoms with Gasteiger partial charge in [0.1, 0.15) is 17.3 Å². The first kappa shape index (κ1) is 23.4. The lowest BCUT2D eigenvalue weighted by Crippen LogP contribution is -2.44. The summed E-state index contributed by atoms with van der Waals surface area (Å²) >= 11 is 1.32. The van der Waals surface area contributed by atoms with Gasteiger partial charge >= 0.3 is 0 Å². The summed E-state index contributed by atoms with van der Waals surface area (Å²) in [5.74, 6) is -1.50. The minimum Gasteiger partial charge on any atom is -0.497 e. The van der Waals surface area contributed by atoms with Crippen LogP contribution in [0.1, 0.15) is 10.4 Å². The van der Waals surface area contributed by atoms with Crippen LogP contribution in [0.4, 0.5) is 31.7 Å². The standard InChI is InChI=1S/C25H25F2N5O2S/c1-30-7-9-31(10-8-30)17-5-3-16(4-6-17)29-23-13-22-19(14-28-23)25(33)32(15-35-22)24-20(26)11-18(34-2)12-21(24)27/h3-6,11-14H,7-10,15H2,1-2H3,(H,28,29). The van der Waals surface area contributed by atoms with E-state index < -0.39 is 23.2 Å². The maximum atomic E-state index is 14.5. The Bertz CT molecular complexity index is 1230. The molecule has 35 heavy (non-hydrogen) atoms. The Morgan fingerprint density at radius 1 is 1.03 bits per heavy atom. The van der Waals surface area contributed by atoms with E-state index in [4.69, 9.17) is 4.74 Å². The van der Waals surface area contributed by atoms with Crippen molar-refractivity contribution in [2.45, 2.75) is 4.90 Å². The van der Waals surface area contributed by atoms with Gasteiger partial charge in [0, 0.05) is 60.8 Å². The number of anilines is 4.